The summed E-state index contributed by atoms with van der Waals surface area (Å²) in [5.74, 6) is -2.26. The Morgan fingerprint density at radius 3 is 2.64 bits per heavy atom. The predicted octanol–water partition coefficient (Wildman–Crippen LogP) is 1.16. The van der Waals surface area contributed by atoms with Gasteiger partial charge in [-0.2, -0.15) is 5.26 Å². The number of rotatable bonds is 3. The van der Waals surface area contributed by atoms with E-state index < -0.39 is 11.9 Å². The number of para-hydroxylation sites is 1. The second-order valence-electron chi connectivity index (χ2n) is 2.85. The van der Waals surface area contributed by atoms with Crippen LogP contribution in [-0.2, 0) is 11.2 Å². The first kappa shape index (κ1) is 10.1. The van der Waals surface area contributed by atoms with Crippen LogP contribution < -0.4 is 0 Å². The van der Waals surface area contributed by atoms with E-state index in [0.29, 0.717) is 5.56 Å². The Morgan fingerprint density at radius 1 is 1.50 bits per heavy atom. The van der Waals surface area contributed by atoms with Crippen molar-refractivity contribution in [3.63, 3.8) is 0 Å². The van der Waals surface area contributed by atoms with E-state index in [1.54, 1.807) is 24.3 Å². The highest BCUT2D eigenvalue weighted by Crippen LogP contribution is 2.19. The van der Waals surface area contributed by atoms with Gasteiger partial charge in [0.05, 0.1) is 6.07 Å². The molecule has 0 aromatic heterocycles. The van der Waals surface area contributed by atoms with Gasteiger partial charge in [-0.25, -0.2) is 0 Å². The van der Waals surface area contributed by atoms with Gasteiger partial charge in [-0.15, -0.1) is 0 Å². The summed E-state index contributed by atoms with van der Waals surface area (Å²) >= 11 is 0. The molecule has 0 aliphatic heterocycles. The van der Waals surface area contributed by atoms with E-state index in [9.17, 15) is 9.90 Å². The van der Waals surface area contributed by atoms with Crippen molar-refractivity contribution in [1.82, 2.24) is 0 Å². The molecular weight excluding hydrogens is 182 g/mol. The third-order valence-corrected chi connectivity index (χ3v) is 1.87. The number of phenolic OH excluding ortho intramolecular Hbond substituents is 1. The van der Waals surface area contributed by atoms with Crippen LogP contribution in [0.5, 0.6) is 5.75 Å². The molecule has 1 aromatic rings. The number of benzene rings is 1. The van der Waals surface area contributed by atoms with Crippen molar-refractivity contribution in [3.8, 4) is 11.8 Å². The zero-order valence-electron chi connectivity index (χ0n) is 7.34. The number of carboxylic acid groups (broad SMARTS) is 1. The lowest BCUT2D eigenvalue weighted by atomic mass is 10.0. The molecule has 1 unspecified atom stereocenters. The molecule has 72 valence electrons. The third kappa shape index (κ3) is 2.23. The fourth-order valence-electron chi connectivity index (χ4n) is 1.09. The van der Waals surface area contributed by atoms with E-state index >= 15 is 0 Å². The number of nitrogens with zero attached hydrogens (tertiary/aromatic N) is 1. The zero-order valence-corrected chi connectivity index (χ0v) is 7.34. The average Bonchev–Trinajstić information content (AvgIpc) is 2.16. The molecule has 1 rings (SSSR count). The molecule has 0 aliphatic rings. The molecule has 0 saturated heterocycles. The number of carboxylic acids is 1. The van der Waals surface area contributed by atoms with E-state index in [4.69, 9.17) is 10.4 Å². The summed E-state index contributed by atoms with van der Waals surface area (Å²) in [7, 11) is 0. The normalized spacial score (nSPS) is 11.6. The van der Waals surface area contributed by atoms with Gasteiger partial charge in [0.1, 0.15) is 11.7 Å². The quantitative estimate of drug-likeness (QED) is 0.751. The van der Waals surface area contributed by atoms with Crippen LogP contribution in [0.15, 0.2) is 24.3 Å². The van der Waals surface area contributed by atoms with Gasteiger partial charge in [0.2, 0.25) is 0 Å². The van der Waals surface area contributed by atoms with Crippen molar-refractivity contribution >= 4 is 5.97 Å². The first-order valence-electron chi connectivity index (χ1n) is 4.04. The molecule has 1 atom stereocenters. The molecule has 0 saturated carbocycles. The summed E-state index contributed by atoms with van der Waals surface area (Å²) in [4.78, 5) is 10.5. The first-order chi connectivity index (χ1) is 6.65. The molecule has 4 nitrogen and oxygen atoms in total. The number of aliphatic carboxylic acids is 1. The molecular formula is C10H9NO3. The standard InChI is InChI=1S/C10H9NO3/c11-6-8(10(13)14)5-7-3-1-2-4-9(7)12/h1-4,8,12H,5H2,(H,13,14). The fraction of sp³-hybridized carbons (Fsp3) is 0.200. The minimum atomic E-state index is -1.17. The summed E-state index contributed by atoms with van der Waals surface area (Å²) in [6.45, 7) is 0. The number of hydrogen-bond acceptors (Lipinski definition) is 3. The largest absolute Gasteiger partial charge is 0.508 e. The molecule has 0 heterocycles. The lowest BCUT2D eigenvalue weighted by Crippen LogP contribution is -2.14. The molecule has 14 heavy (non-hydrogen) atoms. The maximum absolute atomic E-state index is 10.5. The van der Waals surface area contributed by atoms with Crippen molar-refractivity contribution in [3.05, 3.63) is 29.8 Å². The van der Waals surface area contributed by atoms with Gasteiger partial charge in [-0.1, -0.05) is 18.2 Å². The predicted molar refractivity (Wildman–Crippen MR) is 48.5 cm³/mol. The van der Waals surface area contributed by atoms with E-state index in [-0.39, 0.29) is 12.2 Å². The van der Waals surface area contributed by atoms with Crippen molar-refractivity contribution in [2.75, 3.05) is 0 Å². The molecule has 0 aliphatic carbocycles. The van der Waals surface area contributed by atoms with Crippen LogP contribution >= 0.6 is 0 Å². The van der Waals surface area contributed by atoms with Crippen LogP contribution in [-0.4, -0.2) is 16.2 Å². The summed E-state index contributed by atoms with van der Waals surface area (Å²) in [6, 6.07) is 8.06. The number of carbonyl (C=O) groups is 1. The molecule has 0 spiro atoms. The van der Waals surface area contributed by atoms with Crippen LogP contribution in [0.3, 0.4) is 0 Å². The van der Waals surface area contributed by atoms with Crippen LogP contribution in [0.2, 0.25) is 0 Å². The van der Waals surface area contributed by atoms with Crippen molar-refractivity contribution in [2.45, 2.75) is 6.42 Å². The Balaban J connectivity index is 2.84. The number of nitriles is 1. The lowest BCUT2D eigenvalue weighted by molar-refractivity contribution is -0.139. The molecule has 0 bridgehead atoms. The summed E-state index contributed by atoms with van der Waals surface area (Å²) in [5, 5.41) is 26.5. The maximum Gasteiger partial charge on any atom is 0.321 e. The van der Waals surface area contributed by atoms with E-state index in [1.807, 2.05) is 0 Å². The Hall–Kier alpha value is -2.02. The molecule has 2 N–H and O–H groups in total. The van der Waals surface area contributed by atoms with Crippen molar-refractivity contribution in [2.24, 2.45) is 5.92 Å². The van der Waals surface area contributed by atoms with E-state index in [2.05, 4.69) is 0 Å². The summed E-state index contributed by atoms with van der Waals surface area (Å²) in [5.41, 5.74) is 0.474. The van der Waals surface area contributed by atoms with E-state index in [1.165, 1.54) is 6.07 Å². The monoisotopic (exact) mass is 191 g/mol. The Bertz CT molecular complexity index is 381. The first-order valence-corrected chi connectivity index (χ1v) is 4.04. The molecule has 1 aromatic carbocycles. The average molecular weight is 191 g/mol. The second kappa shape index (κ2) is 4.28. The Morgan fingerprint density at radius 2 is 2.14 bits per heavy atom. The maximum atomic E-state index is 10.5. The van der Waals surface area contributed by atoms with Gasteiger partial charge in [0, 0.05) is 6.42 Å². The van der Waals surface area contributed by atoms with Gasteiger partial charge >= 0.3 is 5.97 Å². The molecule has 0 radical (unpaired) electrons. The fourth-order valence-corrected chi connectivity index (χ4v) is 1.09. The lowest BCUT2D eigenvalue weighted by Gasteiger charge is -2.05. The highest BCUT2D eigenvalue weighted by atomic mass is 16.4. The van der Waals surface area contributed by atoms with Crippen LogP contribution in [0.25, 0.3) is 0 Å². The topological polar surface area (TPSA) is 81.3 Å². The summed E-state index contributed by atoms with van der Waals surface area (Å²) in [6.07, 6.45) is 0.0263. The van der Waals surface area contributed by atoms with Gasteiger partial charge in [0.15, 0.2) is 0 Å². The van der Waals surface area contributed by atoms with Crippen LogP contribution in [0.1, 0.15) is 5.56 Å². The minimum absolute atomic E-state index is 0.0222. The van der Waals surface area contributed by atoms with Gasteiger partial charge in [0.25, 0.3) is 0 Å². The minimum Gasteiger partial charge on any atom is -0.508 e. The van der Waals surface area contributed by atoms with Crippen molar-refractivity contribution < 1.29 is 15.0 Å². The SMILES string of the molecule is N#CC(Cc1ccccc1O)C(=O)O. The van der Waals surface area contributed by atoms with Crippen molar-refractivity contribution in [1.29, 1.82) is 5.26 Å². The molecule has 0 fully saturated rings. The number of aromatic hydroxyl groups is 1. The van der Waals surface area contributed by atoms with Gasteiger partial charge in [-0.3, -0.25) is 4.79 Å². The second-order valence-corrected chi connectivity index (χ2v) is 2.85. The van der Waals surface area contributed by atoms with Crippen LogP contribution in [0, 0.1) is 17.2 Å². The molecule has 0 amide bonds. The van der Waals surface area contributed by atoms with Gasteiger partial charge < -0.3 is 10.2 Å². The van der Waals surface area contributed by atoms with Crippen LogP contribution in [0.4, 0.5) is 0 Å². The molecule has 4 heteroatoms. The Labute approximate surface area is 81.0 Å². The van der Waals surface area contributed by atoms with Gasteiger partial charge in [-0.05, 0) is 11.6 Å². The highest BCUT2D eigenvalue weighted by Gasteiger charge is 2.18. The highest BCUT2D eigenvalue weighted by molar-refractivity contribution is 5.73. The Kier molecular flexibility index (Phi) is 3.08. The number of phenols is 1. The smallest absolute Gasteiger partial charge is 0.321 e. The third-order valence-electron chi connectivity index (χ3n) is 1.87. The van der Waals surface area contributed by atoms with E-state index in [0.717, 1.165) is 0 Å². The zero-order chi connectivity index (χ0) is 10.6. The summed E-state index contributed by atoms with van der Waals surface area (Å²) < 4.78 is 0. The number of hydrogen-bond donors (Lipinski definition) is 2.